The zero-order chi connectivity index (χ0) is 13.5. The van der Waals surface area contributed by atoms with Crippen LogP contribution < -0.4 is 0 Å². The van der Waals surface area contributed by atoms with Gasteiger partial charge in [-0.05, 0) is 40.9 Å². The Hall–Kier alpha value is 0. The van der Waals surface area contributed by atoms with E-state index in [1.807, 2.05) is 0 Å². The summed E-state index contributed by atoms with van der Waals surface area (Å²) in [5.41, 5.74) is 1.59. The predicted octanol–water partition coefficient (Wildman–Crippen LogP) is 5.91. The van der Waals surface area contributed by atoms with Crippen molar-refractivity contribution in [2.45, 2.75) is 81.1 Å². The Bertz CT molecular complexity index is 261. The third kappa shape index (κ3) is 1.96. The van der Waals surface area contributed by atoms with Gasteiger partial charge in [0.15, 0.2) is 0 Å². The normalized spacial score (nSPS) is 33.9. The fourth-order valence-corrected chi connectivity index (χ4v) is 4.50. The van der Waals surface area contributed by atoms with Gasteiger partial charge in [0, 0.05) is 0 Å². The molecule has 1 saturated carbocycles. The zero-order valence-electron chi connectivity index (χ0n) is 13.5. The van der Waals surface area contributed by atoms with Crippen LogP contribution in [0.2, 0.25) is 0 Å². The Morgan fingerprint density at radius 1 is 1.00 bits per heavy atom. The van der Waals surface area contributed by atoms with Gasteiger partial charge < -0.3 is 0 Å². The molecule has 1 fully saturated rings. The summed E-state index contributed by atoms with van der Waals surface area (Å²) in [6.45, 7) is 19.6. The summed E-state index contributed by atoms with van der Waals surface area (Å²) in [5.74, 6) is 1.72. The predicted molar refractivity (Wildman–Crippen MR) is 78.1 cm³/mol. The summed E-state index contributed by atoms with van der Waals surface area (Å²) in [6.07, 6.45) is 5.49. The molecule has 0 N–H and O–H groups in total. The molecule has 0 bridgehead atoms. The summed E-state index contributed by atoms with van der Waals surface area (Å²) >= 11 is 0. The molecule has 1 aliphatic carbocycles. The highest BCUT2D eigenvalue weighted by molar-refractivity contribution is 5.14. The largest absolute Gasteiger partial charge is 0.0654 e. The average molecular weight is 238 g/mol. The Labute approximate surface area is 110 Å². The molecule has 3 atom stereocenters. The molecular formula is C17H34. The molecule has 1 aliphatic rings. The summed E-state index contributed by atoms with van der Waals surface area (Å²) in [5, 5.41) is 0. The second-order valence-electron chi connectivity index (χ2n) is 7.77. The van der Waals surface area contributed by atoms with Crippen LogP contribution in [0.15, 0.2) is 0 Å². The molecule has 0 amide bonds. The lowest BCUT2D eigenvalue weighted by Crippen LogP contribution is -2.63. The van der Waals surface area contributed by atoms with Gasteiger partial charge in [0.1, 0.15) is 0 Å². The van der Waals surface area contributed by atoms with E-state index in [4.69, 9.17) is 0 Å². The lowest BCUT2D eigenvalue weighted by Gasteiger charge is -2.71. The van der Waals surface area contributed by atoms with Crippen LogP contribution in [0.25, 0.3) is 0 Å². The van der Waals surface area contributed by atoms with E-state index in [-0.39, 0.29) is 0 Å². The molecule has 3 unspecified atom stereocenters. The van der Waals surface area contributed by atoms with Gasteiger partial charge in [0.25, 0.3) is 0 Å². The van der Waals surface area contributed by atoms with E-state index in [0.29, 0.717) is 16.2 Å². The lowest BCUT2D eigenvalue weighted by molar-refractivity contribution is -0.220. The Balaban J connectivity index is 3.02. The van der Waals surface area contributed by atoms with Crippen LogP contribution in [0.4, 0.5) is 0 Å². The maximum absolute atomic E-state index is 2.52. The highest BCUT2D eigenvalue weighted by Crippen LogP contribution is 2.73. The smallest absolute Gasteiger partial charge is 0.0208 e. The standard InChI is InChI=1S/C17H34/c1-9-11-17(14(4)13(3)10-2)12-15(5,6)16(17,7)8/h13-14H,9-12H2,1-8H3. The second-order valence-corrected chi connectivity index (χ2v) is 7.77. The molecule has 0 heterocycles. The summed E-state index contributed by atoms with van der Waals surface area (Å²) in [4.78, 5) is 0. The van der Waals surface area contributed by atoms with Crippen LogP contribution in [0.5, 0.6) is 0 Å². The van der Waals surface area contributed by atoms with Gasteiger partial charge in [0.2, 0.25) is 0 Å². The molecule has 0 spiro atoms. The number of rotatable bonds is 5. The quantitative estimate of drug-likeness (QED) is 0.558. The Morgan fingerprint density at radius 2 is 1.53 bits per heavy atom. The lowest BCUT2D eigenvalue weighted by atomic mass is 9.34. The summed E-state index contributed by atoms with van der Waals surface area (Å²) in [7, 11) is 0. The van der Waals surface area contributed by atoms with Crippen LogP contribution in [-0.4, -0.2) is 0 Å². The van der Waals surface area contributed by atoms with Crippen molar-refractivity contribution < 1.29 is 0 Å². The molecule has 17 heavy (non-hydrogen) atoms. The maximum atomic E-state index is 2.52. The number of hydrogen-bond acceptors (Lipinski definition) is 0. The van der Waals surface area contributed by atoms with Gasteiger partial charge in [0.05, 0.1) is 0 Å². The van der Waals surface area contributed by atoms with Crippen molar-refractivity contribution in [3.63, 3.8) is 0 Å². The van der Waals surface area contributed by atoms with E-state index >= 15 is 0 Å². The fraction of sp³-hybridized carbons (Fsp3) is 1.00. The van der Waals surface area contributed by atoms with Crippen molar-refractivity contribution in [1.29, 1.82) is 0 Å². The minimum atomic E-state index is 0.485. The van der Waals surface area contributed by atoms with Gasteiger partial charge in [-0.3, -0.25) is 0 Å². The molecule has 0 radical (unpaired) electrons. The zero-order valence-corrected chi connectivity index (χ0v) is 13.5. The first-order valence-electron chi connectivity index (χ1n) is 7.66. The summed E-state index contributed by atoms with van der Waals surface area (Å²) < 4.78 is 0. The van der Waals surface area contributed by atoms with Crippen molar-refractivity contribution in [2.24, 2.45) is 28.1 Å². The van der Waals surface area contributed by atoms with Crippen LogP contribution in [-0.2, 0) is 0 Å². The van der Waals surface area contributed by atoms with E-state index in [2.05, 4.69) is 55.4 Å². The molecule has 0 aromatic heterocycles. The molecule has 0 aliphatic heterocycles. The Kier molecular flexibility index (Phi) is 4.07. The maximum Gasteiger partial charge on any atom is -0.0208 e. The van der Waals surface area contributed by atoms with Crippen LogP contribution in [0, 0.1) is 28.1 Å². The minimum absolute atomic E-state index is 0.485. The van der Waals surface area contributed by atoms with Crippen molar-refractivity contribution >= 4 is 0 Å². The van der Waals surface area contributed by atoms with Gasteiger partial charge in [-0.1, -0.05) is 68.2 Å². The second kappa shape index (κ2) is 4.59. The number of hydrogen-bond donors (Lipinski definition) is 0. The molecule has 0 aromatic rings. The van der Waals surface area contributed by atoms with E-state index in [1.165, 1.54) is 25.7 Å². The van der Waals surface area contributed by atoms with Gasteiger partial charge in [-0.15, -0.1) is 0 Å². The average Bonchev–Trinajstić information content (AvgIpc) is 2.25. The topological polar surface area (TPSA) is 0 Å². The van der Waals surface area contributed by atoms with Gasteiger partial charge >= 0.3 is 0 Å². The summed E-state index contributed by atoms with van der Waals surface area (Å²) in [6, 6.07) is 0. The molecule has 0 saturated heterocycles. The molecule has 0 nitrogen and oxygen atoms in total. The van der Waals surface area contributed by atoms with Crippen molar-refractivity contribution in [1.82, 2.24) is 0 Å². The SMILES string of the molecule is CCCC1(C(C)C(C)CC)CC(C)(C)C1(C)C. The van der Waals surface area contributed by atoms with E-state index in [0.717, 1.165) is 11.8 Å². The minimum Gasteiger partial charge on any atom is -0.0654 e. The third-order valence-electron chi connectivity index (χ3n) is 6.76. The van der Waals surface area contributed by atoms with Gasteiger partial charge in [-0.2, -0.15) is 0 Å². The highest BCUT2D eigenvalue weighted by Gasteiger charge is 2.65. The first kappa shape index (κ1) is 15.1. The van der Waals surface area contributed by atoms with Crippen molar-refractivity contribution in [3.8, 4) is 0 Å². The van der Waals surface area contributed by atoms with Gasteiger partial charge in [-0.25, -0.2) is 0 Å². The van der Waals surface area contributed by atoms with E-state index in [1.54, 1.807) is 0 Å². The molecular weight excluding hydrogens is 204 g/mol. The first-order valence-corrected chi connectivity index (χ1v) is 7.66. The highest BCUT2D eigenvalue weighted by atomic mass is 14.7. The van der Waals surface area contributed by atoms with Crippen LogP contribution >= 0.6 is 0 Å². The van der Waals surface area contributed by atoms with Crippen LogP contribution in [0.1, 0.15) is 81.1 Å². The molecule has 1 rings (SSSR count). The van der Waals surface area contributed by atoms with E-state index in [9.17, 15) is 0 Å². The monoisotopic (exact) mass is 238 g/mol. The molecule has 0 heteroatoms. The fourth-order valence-electron chi connectivity index (χ4n) is 4.50. The third-order valence-corrected chi connectivity index (χ3v) is 6.76. The first-order chi connectivity index (χ1) is 7.66. The van der Waals surface area contributed by atoms with Crippen LogP contribution in [0.3, 0.4) is 0 Å². The molecule has 102 valence electrons. The Morgan fingerprint density at radius 3 is 1.82 bits per heavy atom. The molecule has 0 aromatic carbocycles. The van der Waals surface area contributed by atoms with Crippen molar-refractivity contribution in [3.05, 3.63) is 0 Å². The van der Waals surface area contributed by atoms with Crippen molar-refractivity contribution in [2.75, 3.05) is 0 Å². The van der Waals surface area contributed by atoms with E-state index < -0.39 is 0 Å².